The molecule has 1 aliphatic heterocycles. The Morgan fingerprint density at radius 3 is 2.18 bits per heavy atom. The normalized spacial score (nSPS) is 20.8. The van der Waals surface area contributed by atoms with Gasteiger partial charge < -0.3 is 9.47 Å². The molecule has 2 aliphatic rings. The third-order valence-electron chi connectivity index (χ3n) is 5.50. The van der Waals surface area contributed by atoms with Crippen molar-refractivity contribution < 1.29 is 19.1 Å². The number of methoxy groups -OCH3 is 1. The highest BCUT2D eigenvalue weighted by Gasteiger charge is 2.40. The first-order valence-corrected chi connectivity index (χ1v) is 9.04. The van der Waals surface area contributed by atoms with Crippen LogP contribution in [-0.2, 0) is 19.1 Å². The van der Waals surface area contributed by atoms with Crippen LogP contribution in [0.5, 0.6) is 0 Å². The molecule has 2 N–H and O–H groups in total. The second kappa shape index (κ2) is 8.31. The van der Waals surface area contributed by atoms with Gasteiger partial charge in [-0.25, -0.2) is 5.01 Å². The summed E-state index contributed by atoms with van der Waals surface area (Å²) in [6, 6.07) is 15.8. The van der Waals surface area contributed by atoms with E-state index in [2.05, 4.69) is 24.3 Å². The lowest BCUT2D eigenvalue weighted by Crippen LogP contribution is -2.41. The standard InChI is InChI=1S/C21H22N2O4.ClH/c1-26-21(25)19-10-13(11-23(19)22)20(24)27-12-18-16-8-4-2-6-14(16)15-7-3-5-9-17(15)18;/h2-9,13,18-19H,10-12,22H2,1H3;1H/t13-,19-;/m0./s1. The van der Waals surface area contributed by atoms with Gasteiger partial charge in [-0.3, -0.25) is 15.4 Å². The van der Waals surface area contributed by atoms with Gasteiger partial charge in [-0.15, -0.1) is 12.4 Å². The fourth-order valence-corrected chi connectivity index (χ4v) is 4.12. The van der Waals surface area contributed by atoms with Crippen molar-refractivity contribution in [3.63, 3.8) is 0 Å². The van der Waals surface area contributed by atoms with Gasteiger partial charge in [0, 0.05) is 12.5 Å². The summed E-state index contributed by atoms with van der Waals surface area (Å²) >= 11 is 0. The summed E-state index contributed by atoms with van der Waals surface area (Å²) in [6.07, 6.45) is 0.319. The largest absolute Gasteiger partial charge is 0.468 e. The molecule has 0 saturated carbocycles. The van der Waals surface area contributed by atoms with Gasteiger partial charge in [-0.2, -0.15) is 0 Å². The second-order valence-electron chi connectivity index (χ2n) is 7.03. The number of esters is 2. The van der Waals surface area contributed by atoms with E-state index in [1.165, 1.54) is 34.4 Å². The number of fused-ring (bicyclic) bond motifs is 3. The minimum atomic E-state index is -0.597. The molecule has 6 nitrogen and oxygen atoms in total. The number of nitrogens with zero attached hydrogens (tertiary/aromatic N) is 1. The lowest BCUT2D eigenvalue weighted by molar-refractivity contribution is -0.148. The Kier molecular flexibility index (Phi) is 6.03. The van der Waals surface area contributed by atoms with Crippen molar-refractivity contribution in [1.82, 2.24) is 5.01 Å². The Balaban J connectivity index is 0.00000225. The van der Waals surface area contributed by atoms with E-state index in [1.807, 2.05) is 24.3 Å². The summed E-state index contributed by atoms with van der Waals surface area (Å²) < 4.78 is 10.4. The molecular formula is C21H23ClN2O4. The van der Waals surface area contributed by atoms with E-state index in [4.69, 9.17) is 15.3 Å². The molecule has 2 aromatic carbocycles. The maximum absolute atomic E-state index is 12.6. The number of rotatable bonds is 4. The van der Waals surface area contributed by atoms with Gasteiger partial charge in [0.05, 0.1) is 13.0 Å². The van der Waals surface area contributed by atoms with Crippen LogP contribution < -0.4 is 5.84 Å². The van der Waals surface area contributed by atoms with Crippen molar-refractivity contribution in [2.24, 2.45) is 11.8 Å². The lowest BCUT2D eigenvalue weighted by Gasteiger charge is -2.16. The van der Waals surface area contributed by atoms with Crippen LogP contribution >= 0.6 is 12.4 Å². The zero-order valence-corrected chi connectivity index (χ0v) is 16.4. The molecule has 148 valence electrons. The molecule has 1 heterocycles. The first-order valence-electron chi connectivity index (χ1n) is 9.04. The molecule has 0 radical (unpaired) electrons. The first-order chi connectivity index (χ1) is 13.1. The van der Waals surface area contributed by atoms with E-state index in [0.29, 0.717) is 6.42 Å². The van der Waals surface area contributed by atoms with Crippen LogP contribution in [0.15, 0.2) is 48.5 Å². The highest BCUT2D eigenvalue weighted by molar-refractivity contribution is 5.85. The number of hydrogen-bond donors (Lipinski definition) is 1. The van der Waals surface area contributed by atoms with Crippen molar-refractivity contribution >= 4 is 24.3 Å². The molecule has 2 aromatic rings. The Morgan fingerprint density at radius 2 is 1.61 bits per heavy atom. The van der Waals surface area contributed by atoms with Gasteiger partial charge >= 0.3 is 11.9 Å². The zero-order valence-electron chi connectivity index (χ0n) is 15.5. The van der Waals surface area contributed by atoms with E-state index in [0.717, 1.165) is 0 Å². The quantitative estimate of drug-likeness (QED) is 0.625. The highest BCUT2D eigenvalue weighted by atomic mass is 35.5. The number of carbonyl (C=O) groups excluding carboxylic acids is 2. The molecule has 1 fully saturated rings. The van der Waals surface area contributed by atoms with Crippen molar-refractivity contribution in [3.8, 4) is 11.1 Å². The van der Waals surface area contributed by atoms with E-state index in [9.17, 15) is 9.59 Å². The monoisotopic (exact) mass is 402 g/mol. The molecule has 0 amide bonds. The second-order valence-corrected chi connectivity index (χ2v) is 7.03. The van der Waals surface area contributed by atoms with Crippen LogP contribution in [0.2, 0.25) is 0 Å². The summed E-state index contributed by atoms with van der Waals surface area (Å²) in [5, 5.41) is 1.36. The lowest BCUT2D eigenvalue weighted by atomic mass is 9.98. The molecule has 28 heavy (non-hydrogen) atoms. The van der Waals surface area contributed by atoms with E-state index in [-0.39, 0.29) is 37.4 Å². The summed E-state index contributed by atoms with van der Waals surface area (Å²) in [4.78, 5) is 24.3. The number of benzene rings is 2. The van der Waals surface area contributed by atoms with Gasteiger partial charge in [0.2, 0.25) is 0 Å². The summed E-state index contributed by atoms with van der Waals surface area (Å²) in [7, 11) is 1.32. The van der Waals surface area contributed by atoms with Gasteiger partial charge in [0.15, 0.2) is 0 Å². The van der Waals surface area contributed by atoms with Crippen molar-refractivity contribution in [2.45, 2.75) is 18.4 Å². The minimum Gasteiger partial charge on any atom is -0.468 e. The SMILES string of the molecule is COC(=O)[C@@H]1C[C@H](C(=O)OCC2c3ccccc3-c3ccccc32)CN1N.Cl. The highest BCUT2D eigenvalue weighted by Crippen LogP contribution is 2.44. The van der Waals surface area contributed by atoms with Crippen molar-refractivity contribution in [3.05, 3.63) is 59.7 Å². The smallest absolute Gasteiger partial charge is 0.324 e. The van der Waals surface area contributed by atoms with Crippen molar-refractivity contribution in [1.29, 1.82) is 0 Å². The number of nitrogens with two attached hydrogens (primary N) is 1. The van der Waals surface area contributed by atoms with E-state index < -0.39 is 17.9 Å². The molecule has 4 rings (SSSR count). The fourth-order valence-electron chi connectivity index (χ4n) is 4.12. The van der Waals surface area contributed by atoms with Gasteiger partial charge in [0.1, 0.15) is 12.6 Å². The number of hydrazine groups is 1. The van der Waals surface area contributed by atoms with Gasteiger partial charge in [0.25, 0.3) is 0 Å². The summed E-state index contributed by atoms with van der Waals surface area (Å²) in [5.74, 6) is 4.70. The van der Waals surface area contributed by atoms with Crippen LogP contribution in [0.3, 0.4) is 0 Å². The van der Waals surface area contributed by atoms with Crippen LogP contribution in [0.25, 0.3) is 11.1 Å². The van der Waals surface area contributed by atoms with Crippen LogP contribution in [-0.4, -0.2) is 43.3 Å². The zero-order chi connectivity index (χ0) is 19.0. The molecule has 1 saturated heterocycles. The third-order valence-corrected chi connectivity index (χ3v) is 5.50. The molecular weight excluding hydrogens is 380 g/mol. The average Bonchev–Trinajstić information content (AvgIpc) is 3.24. The van der Waals surface area contributed by atoms with Crippen LogP contribution in [0.1, 0.15) is 23.5 Å². The predicted octanol–water partition coefficient (Wildman–Crippen LogP) is 2.50. The Labute approximate surface area is 170 Å². The number of halogens is 1. The Morgan fingerprint density at radius 1 is 1.04 bits per heavy atom. The van der Waals surface area contributed by atoms with Gasteiger partial charge in [-0.1, -0.05) is 48.5 Å². The van der Waals surface area contributed by atoms with Gasteiger partial charge in [-0.05, 0) is 28.7 Å². The maximum atomic E-state index is 12.6. The Hall–Kier alpha value is -2.41. The molecule has 1 aliphatic carbocycles. The first kappa shape index (κ1) is 20.3. The number of carbonyl (C=O) groups is 2. The summed E-state index contributed by atoms with van der Waals surface area (Å²) in [5.41, 5.74) is 4.72. The van der Waals surface area contributed by atoms with Crippen molar-refractivity contribution in [2.75, 3.05) is 20.3 Å². The number of hydrogen-bond acceptors (Lipinski definition) is 6. The molecule has 7 heteroatoms. The molecule has 0 bridgehead atoms. The molecule has 0 aromatic heterocycles. The molecule has 0 unspecified atom stereocenters. The fraction of sp³-hybridized carbons (Fsp3) is 0.333. The maximum Gasteiger partial charge on any atom is 0.324 e. The topological polar surface area (TPSA) is 81.9 Å². The van der Waals surface area contributed by atoms with Crippen LogP contribution in [0, 0.1) is 5.92 Å². The van der Waals surface area contributed by atoms with E-state index >= 15 is 0 Å². The predicted molar refractivity (Wildman–Crippen MR) is 107 cm³/mol. The summed E-state index contributed by atoms with van der Waals surface area (Å²) in [6.45, 7) is 0.563. The third kappa shape index (κ3) is 3.51. The van der Waals surface area contributed by atoms with E-state index in [1.54, 1.807) is 0 Å². The average molecular weight is 403 g/mol. The molecule has 2 atom stereocenters. The molecule has 0 spiro atoms. The number of ether oxygens (including phenoxy) is 2. The Bertz CT molecular complexity index is 843. The minimum absolute atomic E-state index is 0. The van der Waals surface area contributed by atoms with Crippen LogP contribution in [0.4, 0.5) is 0 Å².